The van der Waals surface area contributed by atoms with Crippen LogP contribution in [-0.2, 0) is 4.74 Å². The number of esters is 1. The Hall–Kier alpha value is -1.88. The number of amides is 1. The van der Waals surface area contributed by atoms with Crippen LogP contribution in [0.3, 0.4) is 0 Å². The van der Waals surface area contributed by atoms with Crippen molar-refractivity contribution < 1.29 is 14.3 Å². The highest BCUT2D eigenvalue weighted by Crippen LogP contribution is 2.40. The van der Waals surface area contributed by atoms with Crippen LogP contribution >= 0.6 is 0 Å². The molecule has 1 atom stereocenters. The number of carbonyl (C=O) groups excluding carboxylic acids is 2. The van der Waals surface area contributed by atoms with Crippen LogP contribution in [-0.4, -0.2) is 61.5 Å². The van der Waals surface area contributed by atoms with Gasteiger partial charge in [0.25, 0.3) is 5.91 Å². The molecule has 0 radical (unpaired) electrons. The van der Waals surface area contributed by atoms with E-state index in [9.17, 15) is 9.59 Å². The van der Waals surface area contributed by atoms with Crippen molar-refractivity contribution in [2.45, 2.75) is 51.4 Å². The molecule has 0 unspecified atom stereocenters. The Balaban J connectivity index is 1.36. The maximum absolute atomic E-state index is 13.0. The molecule has 3 fully saturated rings. The average molecular weight is 399 g/mol. The van der Waals surface area contributed by atoms with Crippen LogP contribution in [0.5, 0.6) is 0 Å². The number of hydrogen-bond acceptors (Lipinski definition) is 4. The molecule has 2 heterocycles. The largest absolute Gasteiger partial charge is 0.465 e. The summed E-state index contributed by atoms with van der Waals surface area (Å²) in [6.07, 6.45) is 10.6. The summed E-state index contributed by atoms with van der Waals surface area (Å²) in [7, 11) is 1.37. The van der Waals surface area contributed by atoms with Crippen molar-refractivity contribution in [3.8, 4) is 0 Å². The van der Waals surface area contributed by atoms with E-state index in [-0.39, 0.29) is 17.3 Å². The second-order valence-electron chi connectivity index (χ2n) is 9.39. The highest BCUT2D eigenvalue weighted by Gasteiger charge is 2.43. The summed E-state index contributed by atoms with van der Waals surface area (Å²) >= 11 is 0. The lowest BCUT2D eigenvalue weighted by molar-refractivity contribution is 0.0598. The minimum absolute atomic E-state index is 0.0858. The number of hydrogen-bond donors (Lipinski definition) is 0. The lowest BCUT2D eigenvalue weighted by atomic mass is 9.78. The summed E-state index contributed by atoms with van der Waals surface area (Å²) in [4.78, 5) is 29.3. The molecule has 3 aliphatic rings. The molecule has 1 spiro atoms. The van der Waals surface area contributed by atoms with E-state index in [1.807, 2.05) is 4.90 Å². The first-order valence-electron chi connectivity index (χ1n) is 11.3. The maximum Gasteiger partial charge on any atom is 0.337 e. The number of likely N-dealkylation sites (tertiary alicyclic amines) is 2. The number of carbonyl (C=O) groups is 2. The first-order chi connectivity index (χ1) is 14.1. The zero-order valence-corrected chi connectivity index (χ0v) is 17.7. The van der Waals surface area contributed by atoms with Crippen molar-refractivity contribution in [1.29, 1.82) is 0 Å². The number of ether oxygens (including phenoxy) is 1. The minimum Gasteiger partial charge on any atom is -0.465 e. The maximum atomic E-state index is 13.0. The zero-order chi connectivity index (χ0) is 20.3. The minimum atomic E-state index is -0.371. The molecule has 5 heteroatoms. The topological polar surface area (TPSA) is 49.9 Å². The zero-order valence-electron chi connectivity index (χ0n) is 17.7. The molecule has 0 aromatic heterocycles. The van der Waals surface area contributed by atoms with E-state index in [2.05, 4.69) is 4.90 Å². The molecule has 2 saturated heterocycles. The standard InChI is InChI=1S/C24H34N2O3/c1-29-23(28)21-10-8-20(9-11-21)22(27)26-15-13-24(18-26)12-5-14-25(17-24)16-19-6-3-2-4-7-19/h8-11,19H,2-7,12-18H2,1H3/t24-/m0/s1. The molecule has 1 aromatic rings. The van der Waals surface area contributed by atoms with Crippen LogP contribution in [0.25, 0.3) is 0 Å². The van der Waals surface area contributed by atoms with Gasteiger partial charge in [0.2, 0.25) is 0 Å². The highest BCUT2D eigenvalue weighted by atomic mass is 16.5. The fraction of sp³-hybridized carbons (Fsp3) is 0.667. The average Bonchev–Trinajstić information content (AvgIpc) is 3.16. The quantitative estimate of drug-likeness (QED) is 0.720. The smallest absolute Gasteiger partial charge is 0.337 e. The number of benzene rings is 1. The first kappa shape index (κ1) is 20.4. The van der Waals surface area contributed by atoms with Gasteiger partial charge in [0.1, 0.15) is 0 Å². The third-order valence-electron chi connectivity index (χ3n) is 7.26. The monoisotopic (exact) mass is 398 g/mol. The van der Waals surface area contributed by atoms with Crippen molar-refractivity contribution >= 4 is 11.9 Å². The van der Waals surface area contributed by atoms with Gasteiger partial charge in [-0.25, -0.2) is 4.79 Å². The Bertz CT molecular complexity index is 726. The predicted molar refractivity (Wildman–Crippen MR) is 113 cm³/mol. The molecule has 2 aliphatic heterocycles. The summed E-state index contributed by atoms with van der Waals surface area (Å²) in [5, 5.41) is 0. The third kappa shape index (κ3) is 4.66. The Morgan fingerprint density at radius 3 is 2.41 bits per heavy atom. The van der Waals surface area contributed by atoms with Crippen LogP contribution < -0.4 is 0 Å². The fourth-order valence-corrected chi connectivity index (χ4v) is 5.69. The van der Waals surface area contributed by atoms with Crippen LogP contribution in [0.2, 0.25) is 0 Å². The Labute approximate surface area is 174 Å². The van der Waals surface area contributed by atoms with Crippen LogP contribution in [0.4, 0.5) is 0 Å². The van der Waals surface area contributed by atoms with E-state index in [1.165, 1.54) is 65.1 Å². The van der Waals surface area contributed by atoms with Crippen LogP contribution in [0.1, 0.15) is 72.1 Å². The van der Waals surface area contributed by atoms with Gasteiger partial charge < -0.3 is 14.5 Å². The van der Waals surface area contributed by atoms with Gasteiger partial charge in [-0.3, -0.25) is 4.79 Å². The molecule has 0 N–H and O–H groups in total. The number of methoxy groups -OCH3 is 1. The molecule has 1 aromatic carbocycles. The van der Waals surface area contributed by atoms with Crippen molar-refractivity contribution in [2.24, 2.45) is 11.3 Å². The van der Waals surface area contributed by atoms with Gasteiger partial charge in [-0.05, 0) is 68.8 Å². The number of piperidine rings is 1. The second-order valence-corrected chi connectivity index (χ2v) is 9.39. The fourth-order valence-electron chi connectivity index (χ4n) is 5.69. The molecule has 29 heavy (non-hydrogen) atoms. The Morgan fingerprint density at radius 2 is 1.69 bits per heavy atom. The lowest BCUT2D eigenvalue weighted by Gasteiger charge is -2.42. The van der Waals surface area contributed by atoms with E-state index in [0.717, 1.165) is 32.0 Å². The van der Waals surface area contributed by atoms with E-state index >= 15 is 0 Å². The number of rotatable bonds is 4. The molecule has 0 bridgehead atoms. The Kier molecular flexibility index (Phi) is 6.23. The molecular formula is C24H34N2O3. The predicted octanol–water partition coefficient (Wildman–Crippen LogP) is 3.98. The third-order valence-corrected chi connectivity index (χ3v) is 7.26. The van der Waals surface area contributed by atoms with Crippen molar-refractivity contribution in [2.75, 3.05) is 39.8 Å². The second kappa shape index (κ2) is 8.86. The molecule has 4 rings (SSSR count). The van der Waals surface area contributed by atoms with Gasteiger partial charge in [0.05, 0.1) is 12.7 Å². The lowest BCUT2D eigenvalue weighted by Crippen LogP contribution is -2.47. The van der Waals surface area contributed by atoms with Gasteiger partial charge in [0.15, 0.2) is 0 Å². The molecule has 5 nitrogen and oxygen atoms in total. The van der Waals surface area contributed by atoms with E-state index < -0.39 is 0 Å². The summed E-state index contributed by atoms with van der Waals surface area (Å²) in [5.41, 5.74) is 1.41. The summed E-state index contributed by atoms with van der Waals surface area (Å²) in [6, 6.07) is 6.85. The summed E-state index contributed by atoms with van der Waals surface area (Å²) in [5.74, 6) is 0.596. The summed E-state index contributed by atoms with van der Waals surface area (Å²) < 4.78 is 4.74. The van der Waals surface area contributed by atoms with Crippen molar-refractivity contribution in [1.82, 2.24) is 9.80 Å². The SMILES string of the molecule is COC(=O)c1ccc(C(=O)N2CC[C@]3(CCCN(CC4CCCCC4)C3)C2)cc1. The first-order valence-corrected chi connectivity index (χ1v) is 11.3. The molecule has 1 saturated carbocycles. The van der Waals surface area contributed by atoms with Crippen molar-refractivity contribution in [3.63, 3.8) is 0 Å². The molecule has 1 aliphatic carbocycles. The van der Waals surface area contributed by atoms with Gasteiger partial charge in [-0.1, -0.05) is 19.3 Å². The van der Waals surface area contributed by atoms with Gasteiger partial charge >= 0.3 is 5.97 Å². The van der Waals surface area contributed by atoms with Crippen LogP contribution in [0, 0.1) is 11.3 Å². The van der Waals surface area contributed by atoms with E-state index in [1.54, 1.807) is 24.3 Å². The van der Waals surface area contributed by atoms with Gasteiger partial charge in [-0.15, -0.1) is 0 Å². The molecular weight excluding hydrogens is 364 g/mol. The highest BCUT2D eigenvalue weighted by molar-refractivity contribution is 5.96. The molecule has 158 valence electrons. The van der Waals surface area contributed by atoms with Gasteiger partial charge in [0, 0.05) is 37.2 Å². The Morgan fingerprint density at radius 1 is 0.966 bits per heavy atom. The summed E-state index contributed by atoms with van der Waals surface area (Å²) in [6.45, 7) is 5.33. The van der Waals surface area contributed by atoms with E-state index in [0.29, 0.717) is 11.1 Å². The molecule has 1 amide bonds. The normalized spacial score (nSPS) is 26.0. The number of nitrogens with zero attached hydrogens (tertiary/aromatic N) is 2. The van der Waals surface area contributed by atoms with E-state index in [4.69, 9.17) is 4.74 Å². The van der Waals surface area contributed by atoms with Crippen molar-refractivity contribution in [3.05, 3.63) is 35.4 Å². The van der Waals surface area contributed by atoms with Gasteiger partial charge in [-0.2, -0.15) is 0 Å². The van der Waals surface area contributed by atoms with Crippen LogP contribution in [0.15, 0.2) is 24.3 Å².